The second kappa shape index (κ2) is 5.19. The van der Waals surface area contributed by atoms with E-state index in [0.717, 1.165) is 31.0 Å². The van der Waals surface area contributed by atoms with Crippen molar-refractivity contribution in [3.05, 3.63) is 0 Å². The fraction of sp³-hybridized carbons (Fsp3) is 0.818. The molecule has 1 fully saturated rings. The van der Waals surface area contributed by atoms with Gasteiger partial charge in [0.2, 0.25) is 5.91 Å². The second-order valence-corrected chi connectivity index (χ2v) is 5.53. The minimum absolute atomic E-state index is 0.0841. The highest BCUT2D eigenvalue weighted by molar-refractivity contribution is 7.99. The van der Waals surface area contributed by atoms with E-state index in [-0.39, 0.29) is 11.9 Å². The molecule has 2 atom stereocenters. The van der Waals surface area contributed by atoms with E-state index >= 15 is 0 Å². The Kier molecular flexibility index (Phi) is 3.86. The molecular formula is C11H19N3OS. The normalized spacial score (nSPS) is 31.4. The third-order valence-corrected chi connectivity index (χ3v) is 4.15. The van der Waals surface area contributed by atoms with Crippen molar-refractivity contribution in [3.63, 3.8) is 0 Å². The van der Waals surface area contributed by atoms with Crippen molar-refractivity contribution in [1.29, 1.82) is 0 Å². The van der Waals surface area contributed by atoms with Gasteiger partial charge in [-0.3, -0.25) is 14.7 Å². The van der Waals surface area contributed by atoms with Crippen LogP contribution >= 0.6 is 11.8 Å². The Morgan fingerprint density at radius 1 is 1.62 bits per heavy atom. The number of hydrogen-bond acceptors (Lipinski definition) is 4. The number of nitrogens with one attached hydrogen (secondary N) is 1. The summed E-state index contributed by atoms with van der Waals surface area (Å²) in [6, 6.07) is 0.157. The van der Waals surface area contributed by atoms with Crippen LogP contribution in [0.25, 0.3) is 0 Å². The first kappa shape index (κ1) is 11.9. The van der Waals surface area contributed by atoms with Gasteiger partial charge in [0.1, 0.15) is 11.9 Å². The highest BCUT2D eigenvalue weighted by Gasteiger charge is 2.32. The van der Waals surface area contributed by atoms with E-state index < -0.39 is 0 Å². The zero-order valence-corrected chi connectivity index (χ0v) is 10.7. The highest BCUT2D eigenvalue weighted by atomic mass is 32.2. The number of nitrogens with zero attached hydrogens (tertiary/aromatic N) is 2. The van der Waals surface area contributed by atoms with E-state index in [1.54, 1.807) is 0 Å². The summed E-state index contributed by atoms with van der Waals surface area (Å²) in [6.45, 7) is 3.16. The van der Waals surface area contributed by atoms with Crippen molar-refractivity contribution in [2.45, 2.75) is 31.8 Å². The highest BCUT2D eigenvalue weighted by Crippen LogP contribution is 2.18. The molecule has 90 valence electrons. The molecule has 0 aliphatic carbocycles. The van der Waals surface area contributed by atoms with E-state index in [9.17, 15) is 4.79 Å². The number of rotatable bonds is 3. The minimum Gasteiger partial charge on any atom is -0.311 e. The Labute approximate surface area is 101 Å². The van der Waals surface area contributed by atoms with Crippen molar-refractivity contribution >= 4 is 23.5 Å². The van der Waals surface area contributed by atoms with Gasteiger partial charge >= 0.3 is 0 Å². The Hall–Kier alpha value is -0.550. The van der Waals surface area contributed by atoms with Crippen LogP contribution in [0.2, 0.25) is 0 Å². The molecule has 5 heteroatoms. The maximum atomic E-state index is 11.7. The zero-order valence-electron chi connectivity index (χ0n) is 9.90. The molecule has 2 aliphatic rings. The van der Waals surface area contributed by atoms with Crippen LogP contribution in [-0.2, 0) is 4.79 Å². The number of amides is 1. The van der Waals surface area contributed by atoms with Crippen molar-refractivity contribution in [3.8, 4) is 0 Å². The van der Waals surface area contributed by atoms with Gasteiger partial charge in [-0.15, -0.1) is 0 Å². The van der Waals surface area contributed by atoms with Gasteiger partial charge in [-0.2, -0.15) is 11.8 Å². The van der Waals surface area contributed by atoms with Crippen LogP contribution in [0.1, 0.15) is 19.8 Å². The molecule has 0 aromatic rings. The molecule has 2 unspecified atom stereocenters. The molecule has 0 aromatic heterocycles. The summed E-state index contributed by atoms with van der Waals surface area (Å²) in [7, 11) is 2.10. The topological polar surface area (TPSA) is 44.7 Å². The number of likely N-dealkylation sites (N-methyl/N-ethyl adjacent to an activating group) is 1. The van der Waals surface area contributed by atoms with Gasteiger partial charge in [-0.05, 0) is 13.5 Å². The predicted molar refractivity (Wildman–Crippen MR) is 68.0 cm³/mol. The number of aliphatic imine (C=N–C) groups is 1. The lowest BCUT2D eigenvalue weighted by molar-refractivity contribution is -0.120. The van der Waals surface area contributed by atoms with Crippen molar-refractivity contribution in [2.24, 2.45) is 4.99 Å². The predicted octanol–water partition coefficient (Wildman–Crippen LogP) is 0.731. The molecule has 1 N–H and O–H groups in total. The first-order valence-corrected chi connectivity index (χ1v) is 7.04. The molecule has 0 saturated carbocycles. The van der Waals surface area contributed by atoms with Crippen LogP contribution in [0, 0.1) is 0 Å². The quantitative estimate of drug-likeness (QED) is 0.792. The fourth-order valence-electron chi connectivity index (χ4n) is 2.08. The average Bonchev–Trinajstić information content (AvgIpc) is 2.61. The van der Waals surface area contributed by atoms with Crippen molar-refractivity contribution in [2.75, 3.05) is 25.1 Å². The monoisotopic (exact) mass is 241 g/mol. The summed E-state index contributed by atoms with van der Waals surface area (Å²) in [6.07, 6.45) is 1.86. The maximum absolute atomic E-state index is 11.7. The fourth-order valence-corrected chi connectivity index (χ4v) is 3.30. The number of thioether (sulfide) groups is 1. The number of carbonyl (C=O) groups excluding carboxylic acids is 1. The molecule has 2 aliphatic heterocycles. The van der Waals surface area contributed by atoms with Crippen LogP contribution in [0.3, 0.4) is 0 Å². The Bertz CT molecular complexity index is 306. The van der Waals surface area contributed by atoms with E-state index in [1.807, 2.05) is 11.8 Å². The van der Waals surface area contributed by atoms with Gasteiger partial charge in [0.15, 0.2) is 0 Å². The molecular weight excluding hydrogens is 222 g/mol. The first-order chi connectivity index (χ1) is 7.72. The third kappa shape index (κ3) is 2.40. The lowest BCUT2D eigenvalue weighted by atomic mass is 10.2. The largest absolute Gasteiger partial charge is 0.311 e. The van der Waals surface area contributed by atoms with Crippen LogP contribution < -0.4 is 5.32 Å². The number of hydrogen-bond donors (Lipinski definition) is 1. The molecule has 1 amide bonds. The van der Waals surface area contributed by atoms with E-state index in [0.29, 0.717) is 6.04 Å². The van der Waals surface area contributed by atoms with Gasteiger partial charge in [0.05, 0.1) is 6.04 Å². The third-order valence-electron chi connectivity index (χ3n) is 3.12. The van der Waals surface area contributed by atoms with Crippen LogP contribution in [0.15, 0.2) is 4.99 Å². The summed E-state index contributed by atoms with van der Waals surface area (Å²) in [5, 5.41) is 2.94. The first-order valence-electron chi connectivity index (χ1n) is 5.89. The van der Waals surface area contributed by atoms with Gasteiger partial charge in [0.25, 0.3) is 0 Å². The van der Waals surface area contributed by atoms with E-state index in [1.165, 1.54) is 5.75 Å². The van der Waals surface area contributed by atoms with Gasteiger partial charge < -0.3 is 5.32 Å². The standard InChI is InChI=1S/C11H19N3OS/c1-3-4-8-11(15)13-10(12-8)9-7-16-6-5-14(9)2/h8-9H,3-7H2,1-2H3,(H,12,13,15). The van der Waals surface area contributed by atoms with Crippen LogP contribution in [0.4, 0.5) is 0 Å². The van der Waals surface area contributed by atoms with Gasteiger partial charge in [-0.1, -0.05) is 13.3 Å². The summed E-state index contributed by atoms with van der Waals surface area (Å²) < 4.78 is 0. The minimum atomic E-state index is -0.139. The lowest BCUT2D eigenvalue weighted by Gasteiger charge is -2.31. The summed E-state index contributed by atoms with van der Waals surface area (Å²) in [4.78, 5) is 18.5. The number of carbonyl (C=O) groups is 1. The Balaban J connectivity index is 2.04. The summed E-state index contributed by atoms with van der Waals surface area (Å²) in [5.41, 5.74) is 0. The van der Waals surface area contributed by atoms with Gasteiger partial charge in [0, 0.05) is 18.1 Å². The Morgan fingerprint density at radius 2 is 2.44 bits per heavy atom. The summed E-state index contributed by atoms with van der Waals surface area (Å²) >= 11 is 1.94. The average molecular weight is 241 g/mol. The molecule has 1 saturated heterocycles. The number of amidine groups is 1. The second-order valence-electron chi connectivity index (χ2n) is 4.38. The maximum Gasteiger partial charge on any atom is 0.250 e. The molecule has 0 radical (unpaired) electrons. The van der Waals surface area contributed by atoms with E-state index in [4.69, 9.17) is 0 Å². The lowest BCUT2D eigenvalue weighted by Crippen LogP contribution is -2.49. The molecule has 2 heterocycles. The SMILES string of the molecule is CCCC1N=C(C2CSCCN2C)NC1=O. The van der Waals surface area contributed by atoms with Gasteiger partial charge in [-0.25, -0.2) is 0 Å². The van der Waals surface area contributed by atoms with E-state index in [2.05, 4.69) is 29.2 Å². The molecule has 2 rings (SSSR count). The molecule has 0 spiro atoms. The molecule has 0 aromatic carbocycles. The van der Waals surface area contributed by atoms with Crippen LogP contribution in [-0.4, -0.2) is 53.8 Å². The molecule has 16 heavy (non-hydrogen) atoms. The molecule has 4 nitrogen and oxygen atoms in total. The molecule has 0 bridgehead atoms. The van der Waals surface area contributed by atoms with Crippen molar-refractivity contribution < 1.29 is 4.79 Å². The smallest absolute Gasteiger partial charge is 0.250 e. The zero-order chi connectivity index (χ0) is 11.5. The van der Waals surface area contributed by atoms with Crippen LogP contribution in [0.5, 0.6) is 0 Å². The van der Waals surface area contributed by atoms with Crippen molar-refractivity contribution in [1.82, 2.24) is 10.2 Å². The Morgan fingerprint density at radius 3 is 3.12 bits per heavy atom. The summed E-state index contributed by atoms with van der Waals surface area (Å²) in [5.74, 6) is 3.18.